The van der Waals surface area contributed by atoms with Crippen molar-refractivity contribution < 1.29 is 4.43 Å². The van der Waals surface area contributed by atoms with Crippen LogP contribution in [0.5, 0.6) is 0 Å². The molecule has 4 rings (SSSR count). The van der Waals surface area contributed by atoms with Crippen LogP contribution < -0.4 is 21.8 Å². The van der Waals surface area contributed by atoms with Crippen LogP contribution in [-0.2, 0) is 4.43 Å². The second-order valence-electron chi connectivity index (χ2n) is 9.31. The average molecular weight is 466 g/mol. The molecule has 0 radical (unpaired) electrons. The molecule has 0 spiro atoms. The summed E-state index contributed by atoms with van der Waals surface area (Å²) < 4.78 is 8.78. The molecule has 32 heavy (non-hydrogen) atoms. The van der Waals surface area contributed by atoms with E-state index < -0.39 is 8.32 Å². The summed E-state index contributed by atoms with van der Waals surface area (Å²) in [4.78, 5) is 16.2. The number of hydrogen-bond acceptors (Lipinski definition) is 5. The van der Waals surface area contributed by atoms with Gasteiger partial charge in [-0.3, -0.25) is 4.57 Å². The molecule has 2 aromatic carbocycles. The summed E-state index contributed by atoms with van der Waals surface area (Å²) in [5, 5.41) is 2.93. The van der Waals surface area contributed by atoms with E-state index in [1.807, 2.05) is 0 Å². The zero-order valence-electron chi connectivity index (χ0n) is 18.9. The number of thioether (sulfide) groups is 1. The smallest absolute Gasteiger partial charge is 0.350 e. The van der Waals surface area contributed by atoms with Crippen LogP contribution in [0.4, 0.5) is 5.82 Å². The summed E-state index contributed by atoms with van der Waals surface area (Å²) in [5.74, 6) is 0.265. The van der Waals surface area contributed by atoms with Crippen molar-refractivity contribution in [2.75, 3.05) is 12.3 Å². The summed E-state index contributed by atoms with van der Waals surface area (Å²) in [7, 11) is -2.55. The lowest BCUT2D eigenvalue weighted by Crippen LogP contribution is -2.67. The predicted molar refractivity (Wildman–Crippen MR) is 136 cm³/mol. The van der Waals surface area contributed by atoms with Gasteiger partial charge in [0.25, 0.3) is 8.32 Å². The van der Waals surface area contributed by atoms with Crippen LogP contribution in [0.15, 0.2) is 77.7 Å². The van der Waals surface area contributed by atoms with E-state index in [0.29, 0.717) is 11.9 Å². The lowest BCUT2D eigenvalue weighted by molar-refractivity contribution is 0.295. The molecule has 2 atom stereocenters. The highest BCUT2D eigenvalue weighted by Gasteiger charge is 2.50. The molecule has 0 saturated carbocycles. The Balaban J connectivity index is 1.61. The van der Waals surface area contributed by atoms with Crippen molar-refractivity contribution in [1.29, 1.82) is 0 Å². The normalized spacial score (nSPS) is 19.2. The quantitative estimate of drug-likeness (QED) is 0.561. The molecule has 0 unspecified atom stereocenters. The molecule has 0 aliphatic carbocycles. The monoisotopic (exact) mass is 465 g/mol. The molecule has 3 aromatic rings. The van der Waals surface area contributed by atoms with E-state index in [1.165, 1.54) is 10.4 Å². The average Bonchev–Trinajstić information content (AvgIpc) is 3.23. The highest BCUT2D eigenvalue weighted by Crippen LogP contribution is 2.42. The molecule has 2 heterocycles. The van der Waals surface area contributed by atoms with Crippen molar-refractivity contribution in [2.24, 2.45) is 0 Å². The minimum atomic E-state index is -2.55. The van der Waals surface area contributed by atoms with Gasteiger partial charge in [0.05, 0.1) is 5.37 Å². The van der Waals surface area contributed by atoms with Crippen LogP contribution >= 0.6 is 11.8 Å². The third-order valence-electron chi connectivity index (χ3n) is 6.15. The van der Waals surface area contributed by atoms with Crippen molar-refractivity contribution >= 4 is 36.3 Å². The number of aromatic nitrogens is 2. The molecule has 1 aliphatic rings. The number of hydrogen-bond donors (Lipinski definition) is 1. The lowest BCUT2D eigenvalue weighted by Gasteiger charge is -2.43. The Labute approximate surface area is 195 Å². The first-order valence-corrected chi connectivity index (χ1v) is 13.9. The number of anilines is 1. The first kappa shape index (κ1) is 22.8. The summed E-state index contributed by atoms with van der Waals surface area (Å²) in [6.45, 7) is 7.54. The minimum absolute atomic E-state index is 0.0454. The van der Waals surface area contributed by atoms with Crippen LogP contribution in [0.25, 0.3) is 0 Å². The van der Waals surface area contributed by atoms with Gasteiger partial charge in [-0.15, -0.1) is 11.8 Å². The molecule has 7 heteroatoms. The van der Waals surface area contributed by atoms with E-state index in [-0.39, 0.29) is 21.9 Å². The van der Waals surface area contributed by atoms with Crippen LogP contribution in [-0.4, -0.2) is 29.7 Å². The Kier molecular flexibility index (Phi) is 6.60. The highest BCUT2D eigenvalue weighted by atomic mass is 32.2. The van der Waals surface area contributed by atoms with Gasteiger partial charge in [0, 0.05) is 18.1 Å². The van der Waals surface area contributed by atoms with Crippen molar-refractivity contribution in [3.05, 3.63) is 83.4 Å². The standard InChI is InChI=1S/C25H31N3O2SSi/c1-25(2,3)32(20-10-6-4-7-11-20,21-12-8-5-9-13-21)30-18-19-14-15-23(31-19)28-17-16-22(26)27-24(28)29/h4-13,16-17,19,23H,14-15,18H2,1-3H3,(H2,26,27,29)/t19-,23-/m0/s1. The zero-order valence-corrected chi connectivity index (χ0v) is 20.7. The fourth-order valence-corrected chi connectivity index (χ4v) is 10.8. The molecule has 5 nitrogen and oxygen atoms in total. The van der Waals surface area contributed by atoms with E-state index >= 15 is 0 Å². The van der Waals surface area contributed by atoms with Gasteiger partial charge < -0.3 is 10.2 Å². The number of rotatable bonds is 6. The third kappa shape index (κ3) is 4.42. The van der Waals surface area contributed by atoms with Crippen molar-refractivity contribution in [3.63, 3.8) is 0 Å². The molecular formula is C25H31N3O2SSi. The van der Waals surface area contributed by atoms with E-state index in [9.17, 15) is 4.79 Å². The Morgan fingerprint density at radius 2 is 1.62 bits per heavy atom. The molecule has 0 amide bonds. The summed E-state index contributed by atoms with van der Waals surface area (Å²) in [6, 6.07) is 23.1. The number of benzene rings is 2. The van der Waals surface area contributed by atoms with Gasteiger partial charge in [0.2, 0.25) is 0 Å². The Morgan fingerprint density at radius 3 is 2.16 bits per heavy atom. The van der Waals surface area contributed by atoms with Gasteiger partial charge >= 0.3 is 5.69 Å². The Morgan fingerprint density at radius 1 is 1.03 bits per heavy atom. The van der Waals surface area contributed by atoms with Crippen LogP contribution in [0.3, 0.4) is 0 Å². The summed E-state index contributed by atoms with van der Waals surface area (Å²) in [6.07, 6.45) is 3.68. The van der Waals surface area contributed by atoms with Gasteiger partial charge in [-0.1, -0.05) is 81.4 Å². The fraction of sp³-hybridized carbons (Fsp3) is 0.360. The van der Waals surface area contributed by atoms with Gasteiger partial charge in [-0.2, -0.15) is 4.98 Å². The Bertz CT molecular complexity index is 1060. The number of nitrogen functional groups attached to an aromatic ring is 1. The maximum Gasteiger partial charge on any atom is 0.350 e. The van der Waals surface area contributed by atoms with E-state index in [0.717, 1.165) is 12.8 Å². The van der Waals surface area contributed by atoms with Crippen molar-refractivity contribution in [2.45, 2.75) is 49.3 Å². The molecule has 1 saturated heterocycles. The lowest BCUT2D eigenvalue weighted by atomic mass is 10.2. The van der Waals surface area contributed by atoms with Gasteiger partial charge in [0.15, 0.2) is 0 Å². The van der Waals surface area contributed by atoms with Gasteiger partial charge in [-0.25, -0.2) is 4.79 Å². The predicted octanol–water partition coefficient (Wildman–Crippen LogP) is 3.80. The first-order valence-electron chi connectivity index (χ1n) is 11.1. The zero-order chi connectivity index (χ0) is 22.8. The first-order chi connectivity index (χ1) is 15.3. The molecular weight excluding hydrogens is 434 g/mol. The summed E-state index contributed by atoms with van der Waals surface area (Å²) in [5.41, 5.74) is 5.37. The highest BCUT2D eigenvalue weighted by molar-refractivity contribution is 8.00. The molecule has 0 bridgehead atoms. The molecule has 1 aromatic heterocycles. The molecule has 168 valence electrons. The van der Waals surface area contributed by atoms with Crippen LogP contribution in [0.2, 0.25) is 5.04 Å². The molecule has 1 fully saturated rings. The van der Waals surface area contributed by atoms with E-state index in [2.05, 4.69) is 86.4 Å². The molecule has 2 N–H and O–H groups in total. The van der Waals surface area contributed by atoms with E-state index in [4.69, 9.17) is 10.2 Å². The van der Waals surface area contributed by atoms with Gasteiger partial charge in [-0.05, 0) is 34.3 Å². The minimum Gasteiger partial charge on any atom is -0.406 e. The van der Waals surface area contributed by atoms with Crippen molar-refractivity contribution in [3.8, 4) is 0 Å². The second kappa shape index (κ2) is 9.25. The maximum atomic E-state index is 12.3. The van der Waals surface area contributed by atoms with Crippen LogP contribution in [0, 0.1) is 0 Å². The molecule has 1 aliphatic heterocycles. The second-order valence-corrected chi connectivity index (χ2v) is 15.1. The fourth-order valence-electron chi connectivity index (χ4n) is 4.64. The topological polar surface area (TPSA) is 70.1 Å². The Hall–Kier alpha value is -2.35. The van der Waals surface area contributed by atoms with Crippen LogP contribution in [0.1, 0.15) is 39.0 Å². The largest absolute Gasteiger partial charge is 0.406 e. The third-order valence-corrected chi connectivity index (χ3v) is 12.7. The summed E-state index contributed by atoms with van der Waals surface area (Å²) >= 11 is 1.80. The van der Waals surface area contributed by atoms with Gasteiger partial charge in [0.1, 0.15) is 5.82 Å². The number of nitrogens with zero attached hydrogens (tertiary/aromatic N) is 2. The van der Waals surface area contributed by atoms with E-state index in [1.54, 1.807) is 28.6 Å². The van der Waals surface area contributed by atoms with Crippen molar-refractivity contribution in [1.82, 2.24) is 9.55 Å². The maximum absolute atomic E-state index is 12.3. The number of nitrogens with two attached hydrogens (primary N) is 1. The SMILES string of the molecule is CC(C)(C)[Si](OC[C@@H]1CC[C@@H](n2ccc(N)nc2=O)S1)(c1ccccc1)c1ccccc1.